The molecule has 0 spiro atoms. The summed E-state index contributed by atoms with van der Waals surface area (Å²) in [6.07, 6.45) is -0.107. The standard InChI is InChI=1S/C31H33Cl2N3O5/c1-5-40-27(37)16-17-34-31(38)36-29(21-8-12-23(33)13-9-21)28(20-6-10-22(32)11-7-20)35-30(36)25-15-14-24(39-4)18-26(25)41-19(2)3/h6-15,18-19,28-29H,5,16-17H2,1-4H3,(H,34,38)/t28-,29+/m1/s1. The van der Waals surface area contributed by atoms with Gasteiger partial charge in [0.05, 0.1) is 37.8 Å². The molecule has 4 rings (SSSR count). The number of halogens is 2. The lowest BCUT2D eigenvalue weighted by Crippen LogP contribution is -2.45. The minimum atomic E-state index is -0.542. The summed E-state index contributed by atoms with van der Waals surface area (Å²) in [7, 11) is 1.58. The molecule has 1 aliphatic rings. The van der Waals surface area contributed by atoms with Gasteiger partial charge in [-0.3, -0.25) is 14.7 Å². The van der Waals surface area contributed by atoms with Crippen LogP contribution in [0, 0.1) is 0 Å². The predicted molar refractivity (Wildman–Crippen MR) is 160 cm³/mol. The molecule has 0 fully saturated rings. The van der Waals surface area contributed by atoms with Crippen LogP contribution in [0.5, 0.6) is 11.5 Å². The number of ether oxygens (including phenoxy) is 3. The summed E-state index contributed by atoms with van der Waals surface area (Å²) >= 11 is 12.4. The lowest BCUT2D eigenvalue weighted by atomic mass is 9.94. The zero-order valence-electron chi connectivity index (χ0n) is 23.4. The number of carbonyl (C=O) groups excluding carboxylic acids is 2. The number of aliphatic imine (C=N–C) groups is 1. The largest absolute Gasteiger partial charge is 0.497 e. The zero-order chi connectivity index (χ0) is 29.5. The monoisotopic (exact) mass is 597 g/mol. The van der Waals surface area contributed by atoms with Crippen LogP contribution < -0.4 is 14.8 Å². The van der Waals surface area contributed by atoms with Crippen molar-refractivity contribution in [2.45, 2.75) is 45.4 Å². The van der Waals surface area contributed by atoms with Crippen LogP contribution in [0.25, 0.3) is 0 Å². The summed E-state index contributed by atoms with van der Waals surface area (Å²) in [6.45, 7) is 5.95. The Morgan fingerprint density at radius 1 is 0.976 bits per heavy atom. The molecule has 2 amide bonds. The van der Waals surface area contributed by atoms with Crippen LogP contribution in [0.4, 0.5) is 4.79 Å². The van der Waals surface area contributed by atoms with Gasteiger partial charge in [-0.05, 0) is 68.3 Å². The number of carbonyl (C=O) groups is 2. The average Bonchev–Trinajstić information content (AvgIpc) is 3.34. The number of methoxy groups -OCH3 is 1. The summed E-state index contributed by atoms with van der Waals surface area (Å²) in [6, 6.07) is 18.7. The molecule has 0 saturated heterocycles. The highest BCUT2D eigenvalue weighted by atomic mass is 35.5. The second-order valence-corrected chi connectivity index (χ2v) is 10.5. The van der Waals surface area contributed by atoms with E-state index >= 15 is 0 Å². The summed E-state index contributed by atoms with van der Waals surface area (Å²) in [5.41, 5.74) is 2.32. The highest BCUT2D eigenvalue weighted by molar-refractivity contribution is 6.30. The van der Waals surface area contributed by atoms with Gasteiger partial charge in [-0.2, -0.15) is 0 Å². The molecule has 3 aromatic carbocycles. The van der Waals surface area contributed by atoms with E-state index < -0.39 is 18.1 Å². The Hall–Kier alpha value is -3.75. The molecule has 8 nitrogen and oxygen atoms in total. The lowest BCUT2D eigenvalue weighted by molar-refractivity contribution is -0.142. The highest BCUT2D eigenvalue weighted by Gasteiger charge is 2.43. The average molecular weight is 599 g/mol. The Morgan fingerprint density at radius 3 is 2.20 bits per heavy atom. The molecule has 1 aliphatic heterocycles. The molecule has 0 aromatic heterocycles. The minimum Gasteiger partial charge on any atom is -0.497 e. The third-order valence-corrected chi connectivity index (χ3v) is 6.92. The fourth-order valence-electron chi connectivity index (χ4n) is 4.62. The number of nitrogens with one attached hydrogen (secondary N) is 1. The second kappa shape index (κ2) is 13.7. The molecule has 3 aromatic rings. The molecular weight excluding hydrogens is 565 g/mol. The molecule has 0 bridgehead atoms. The van der Waals surface area contributed by atoms with E-state index in [1.807, 2.05) is 44.2 Å². The quantitative estimate of drug-likeness (QED) is 0.254. The number of hydrogen-bond acceptors (Lipinski definition) is 6. The van der Waals surface area contributed by atoms with Crippen LogP contribution in [0.2, 0.25) is 10.0 Å². The summed E-state index contributed by atoms with van der Waals surface area (Å²) < 4.78 is 16.6. The topological polar surface area (TPSA) is 89.5 Å². The first-order valence-corrected chi connectivity index (χ1v) is 14.1. The van der Waals surface area contributed by atoms with E-state index in [0.717, 1.165) is 11.1 Å². The van der Waals surface area contributed by atoms with Gasteiger partial charge < -0.3 is 19.5 Å². The van der Waals surface area contributed by atoms with Crippen molar-refractivity contribution in [1.82, 2.24) is 10.2 Å². The lowest BCUT2D eigenvalue weighted by Gasteiger charge is -2.30. The van der Waals surface area contributed by atoms with E-state index in [4.69, 9.17) is 42.4 Å². The maximum atomic E-state index is 14.0. The Morgan fingerprint density at radius 2 is 1.61 bits per heavy atom. The molecule has 216 valence electrons. The normalized spacial score (nSPS) is 16.4. The Labute approximate surface area is 250 Å². The summed E-state index contributed by atoms with van der Waals surface area (Å²) in [4.78, 5) is 32.7. The van der Waals surface area contributed by atoms with Crippen LogP contribution in [0.15, 0.2) is 71.7 Å². The third-order valence-electron chi connectivity index (χ3n) is 6.41. The third kappa shape index (κ3) is 7.31. The smallest absolute Gasteiger partial charge is 0.323 e. The molecule has 10 heteroatoms. The van der Waals surface area contributed by atoms with Gasteiger partial charge in [0.2, 0.25) is 0 Å². The van der Waals surface area contributed by atoms with Gasteiger partial charge >= 0.3 is 12.0 Å². The van der Waals surface area contributed by atoms with Gasteiger partial charge in [0.1, 0.15) is 23.4 Å². The fraction of sp³-hybridized carbons (Fsp3) is 0.323. The second-order valence-electron chi connectivity index (χ2n) is 9.63. The molecule has 0 unspecified atom stereocenters. The van der Waals surface area contributed by atoms with Crippen LogP contribution in [-0.4, -0.2) is 49.1 Å². The fourth-order valence-corrected chi connectivity index (χ4v) is 4.88. The number of benzene rings is 3. The van der Waals surface area contributed by atoms with Crippen molar-refractivity contribution in [1.29, 1.82) is 0 Å². The molecule has 1 heterocycles. The predicted octanol–water partition coefficient (Wildman–Crippen LogP) is 7.00. The van der Waals surface area contributed by atoms with Crippen LogP contribution in [0.1, 0.15) is 56.0 Å². The number of amidine groups is 1. The molecule has 2 atom stereocenters. The number of urea groups is 1. The van der Waals surface area contributed by atoms with E-state index in [9.17, 15) is 9.59 Å². The maximum absolute atomic E-state index is 14.0. The first-order valence-electron chi connectivity index (χ1n) is 13.4. The number of hydrogen-bond donors (Lipinski definition) is 1. The van der Waals surface area contributed by atoms with Crippen molar-refractivity contribution in [3.8, 4) is 11.5 Å². The van der Waals surface area contributed by atoms with E-state index in [-0.39, 0.29) is 31.6 Å². The molecular formula is C31H33Cl2N3O5. The van der Waals surface area contributed by atoms with Gasteiger partial charge in [-0.25, -0.2) is 4.79 Å². The van der Waals surface area contributed by atoms with Gasteiger partial charge in [0, 0.05) is 22.7 Å². The van der Waals surface area contributed by atoms with Gasteiger partial charge in [-0.15, -0.1) is 0 Å². The van der Waals surface area contributed by atoms with Gasteiger partial charge in [-0.1, -0.05) is 47.5 Å². The summed E-state index contributed by atoms with van der Waals surface area (Å²) in [5, 5.41) is 4.05. The first kappa shape index (κ1) is 30.2. The number of esters is 1. The van der Waals surface area contributed by atoms with Gasteiger partial charge in [0.25, 0.3) is 0 Å². The summed E-state index contributed by atoms with van der Waals surface area (Å²) in [5.74, 6) is 1.15. The van der Waals surface area contributed by atoms with Crippen molar-refractivity contribution in [2.24, 2.45) is 4.99 Å². The molecule has 0 radical (unpaired) electrons. The molecule has 0 aliphatic carbocycles. The SMILES string of the molecule is CCOC(=O)CCNC(=O)N1C(c2ccc(OC)cc2OC(C)C)=N[C@H](c2ccc(Cl)cc2)[C@@H]1c1ccc(Cl)cc1. The maximum Gasteiger partial charge on any atom is 0.323 e. The Balaban J connectivity index is 1.84. The Kier molecular flexibility index (Phi) is 10.1. The highest BCUT2D eigenvalue weighted by Crippen LogP contribution is 2.45. The van der Waals surface area contributed by atoms with E-state index in [0.29, 0.717) is 32.9 Å². The first-order chi connectivity index (χ1) is 19.7. The van der Waals surface area contributed by atoms with E-state index in [1.54, 1.807) is 55.3 Å². The number of rotatable bonds is 10. The molecule has 0 saturated carbocycles. The van der Waals surface area contributed by atoms with E-state index in [2.05, 4.69) is 5.32 Å². The van der Waals surface area contributed by atoms with E-state index in [1.165, 1.54) is 0 Å². The van der Waals surface area contributed by atoms with Crippen molar-refractivity contribution >= 4 is 41.0 Å². The van der Waals surface area contributed by atoms with Crippen LogP contribution in [-0.2, 0) is 9.53 Å². The van der Waals surface area contributed by atoms with Crippen LogP contribution in [0.3, 0.4) is 0 Å². The van der Waals surface area contributed by atoms with Gasteiger partial charge in [0.15, 0.2) is 0 Å². The van der Waals surface area contributed by atoms with Crippen molar-refractivity contribution in [3.05, 3.63) is 93.5 Å². The van der Waals surface area contributed by atoms with Crippen LogP contribution >= 0.6 is 23.2 Å². The number of amides is 2. The van der Waals surface area contributed by atoms with Crippen molar-refractivity contribution in [3.63, 3.8) is 0 Å². The molecule has 41 heavy (non-hydrogen) atoms. The Bertz CT molecular complexity index is 1390. The zero-order valence-corrected chi connectivity index (χ0v) is 24.9. The molecule has 1 N–H and O–H groups in total. The van der Waals surface area contributed by atoms with Crippen molar-refractivity contribution < 1.29 is 23.8 Å². The number of nitrogens with zero attached hydrogens (tertiary/aromatic N) is 2. The minimum absolute atomic E-state index is 0.0381. The van der Waals surface area contributed by atoms with Crippen molar-refractivity contribution in [2.75, 3.05) is 20.3 Å².